The number of para-hydroxylation sites is 1. The van der Waals surface area contributed by atoms with Crippen LogP contribution in [0.4, 0.5) is 0 Å². The summed E-state index contributed by atoms with van der Waals surface area (Å²) in [5, 5.41) is 11.3. The standard InChI is InChI=1S/C25H33N5O5/c1-25(2,3)26-24(32)23(18-15-17(34-5)11-12-21(18)35-6)29(13-14-33-4)22(31)16-30-20-10-8-7-9-19(20)27-28-30/h7-12,15,23H,13-14,16H2,1-6H3,(H,26,32). The topological polar surface area (TPSA) is 108 Å². The number of hydrogen-bond donors (Lipinski definition) is 1. The van der Waals surface area contributed by atoms with Crippen LogP contribution in [0.15, 0.2) is 42.5 Å². The molecule has 0 bridgehead atoms. The first-order valence-corrected chi connectivity index (χ1v) is 11.3. The highest BCUT2D eigenvalue weighted by molar-refractivity contribution is 5.90. The molecule has 3 aromatic rings. The van der Waals surface area contributed by atoms with Crippen molar-refractivity contribution in [2.75, 3.05) is 34.5 Å². The van der Waals surface area contributed by atoms with Crippen LogP contribution in [0.5, 0.6) is 11.5 Å². The van der Waals surface area contributed by atoms with Crippen LogP contribution in [0.3, 0.4) is 0 Å². The number of nitrogens with zero attached hydrogens (tertiary/aromatic N) is 4. The van der Waals surface area contributed by atoms with Gasteiger partial charge in [-0.05, 0) is 51.1 Å². The molecule has 1 N–H and O–H groups in total. The van der Waals surface area contributed by atoms with E-state index in [9.17, 15) is 9.59 Å². The van der Waals surface area contributed by atoms with Gasteiger partial charge >= 0.3 is 0 Å². The summed E-state index contributed by atoms with van der Waals surface area (Å²) in [7, 11) is 4.61. The van der Waals surface area contributed by atoms with E-state index in [4.69, 9.17) is 14.2 Å². The molecule has 0 saturated carbocycles. The molecule has 0 aliphatic carbocycles. The molecule has 0 aliphatic rings. The first kappa shape index (κ1) is 26.0. The first-order chi connectivity index (χ1) is 16.7. The molecule has 1 heterocycles. The average Bonchev–Trinajstić information content (AvgIpc) is 3.22. The van der Waals surface area contributed by atoms with E-state index in [0.29, 0.717) is 22.6 Å². The van der Waals surface area contributed by atoms with Crippen molar-refractivity contribution in [3.8, 4) is 11.5 Å². The van der Waals surface area contributed by atoms with Gasteiger partial charge in [0.05, 0.1) is 26.3 Å². The van der Waals surface area contributed by atoms with E-state index in [2.05, 4.69) is 15.6 Å². The van der Waals surface area contributed by atoms with Crippen LogP contribution in [-0.2, 0) is 20.9 Å². The fourth-order valence-electron chi connectivity index (χ4n) is 3.78. The number of ether oxygens (including phenoxy) is 3. The highest BCUT2D eigenvalue weighted by Gasteiger charge is 2.35. The molecule has 10 heteroatoms. The van der Waals surface area contributed by atoms with E-state index < -0.39 is 11.6 Å². The minimum Gasteiger partial charge on any atom is -0.497 e. The van der Waals surface area contributed by atoms with Crippen molar-refractivity contribution in [2.45, 2.75) is 38.9 Å². The summed E-state index contributed by atoms with van der Waals surface area (Å²) in [5.74, 6) is 0.325. The van der Waals surface area contributed by atoms with Crippen LogP contribution in [0.1, 0.15) is 32.4 Å². The molecule has 2 aromatic carbocycles. The molecule has 1 unspecified atom stereocenters. The Morgan fingerprint density at radius 3 is 2.49 bits per heavy atom. The molecule has 0 saturated heterocycles. The van der Waals surface area contributed by atoms with Crippen molar-refractivity contribution >= 4 is 22.8 Å². The number of fused-ring (bicyclic) bond motifs is 1. The summed E-state index contributed by atoms with van der Waals surface area (Å²) in [6, 6.07) is 11.6. The van der Waals surface area contributed by atoms with Crippen LogP contribution in [0, 0.1) is 0 Å². The second-order valence-electron chi connectivity index (χ2n) is 9.07. The van der Waals surface area contributed by atoms with Crippen molar-refractivity contribution in [1.29, 1.82) is 0 Å². The smallest absolute Gasteiger partial charge is 0.247 e. The maximum absolute atomic E-state index is 13.7. The maximum atomic E-state index is 13.7. The number of nitrogens with one attached hydrogen (secondary N) is 1. The van der Waals surface area contributed by atoms with Crippen molar-refractivity contribution in [2.24, 2.45) is 0 Å². The zero-order chi connectivity index (χ0) is 25.6. The van der Waals surface area contributed by atoms with E-state index in [1.54, 1.807) is 32.4 Å². The van der Waals surface area contributed by atoms with Crippen LogP contribution in [0.25, 0.3) is 11.0 Å². The molecule has 35 heavy (non-hydrogen) atoms. The second-order valence-corrected chi connectivity index (χ2v) is 9.07. The Kier molecular flexibility index (Phi) is 8.29. The zero-order valence-electron chi connectivity index (χ0n) is 21.1. The minimum atomic E-state index is -1.00. The van der Waals surface area contributed by atoms with E-state index in [0.717, 1.165) is 5.52 Å². The van der Waals surface area contributed by atoms with Gasteiger partial charge < -0.3 is 24.4 Å². The normalized spacial score (nSPS) is 12.3. The summed E-state index contributed by atoms with van der Waals surface area (Å²) in [5.41, 5.74) is 1.38. The number of carbonyl (C=O) groups is 2. The number of carbonyl (C=O) groups excluding carboxylic acids is 2. The Hall–Kier alpha value is -3.66. The van der Waals surface area contributed by atoms with Gasteiger partial charge in [0.25, 0.3) is 0 Å². The molecule has 0 fully saturated rings. The number of hydrogen-bond acceptors (Lipinski definition) is 7. The van der Waals surface area contributed by atoms with E-state index >= 15 is 0 Å². The van der Waals surface area contributed by atoms with Gasteiger partial charge in [0, 0.05) is 24.8 Å². The highest BCUT2D eigenvalue weighted by atomic mass is 16.5. The number of methoxy groups -OCH3 is 3. The number of benzene rings is 2. The van der Waals surface area contributed by atoms with Gasteiger partial charge in [-0.3, -0.25) is 9.59 Å². The molecule has 0 spiro atoms. The third-order valence-electron chi connectivity index (χ3n) is 5.35. The predicted molar refractivity (Wildman–Crippen MR) is 131 cm³/mol. The molecular formula is C25H33N5O5. The summed E-state index contributed by atoms with van der Waals surface area (Å²) >= 11 is 0. The molecule has 10 nitrogen and oxygen atoms in total. The van der Waals surface area contributed by atoms with Crippen LogP contribution < -0.4 is 14.8 Å². The highest BCUT2D eigenvalue weighted by Crippen LogP contribution is 2.34. The molecule has 1 aromatic heterocycles. The largest absolute Gasteiger partial charge is 0.497 e. The number of amides is 2. The van der Waals surface area contributed by atoms with Crippen LogP contribution in [-0.4, -0.2) is 71.7 Å². The number of rotatable bonds is 10. The molecule has 0 radical (unpaired) electrons. The van der Waals surface area contributed by atoms with Gasteiger partial charge in [0.1, 0.15) is 29.6 Å². The van der Waals surface area contributed by atoms with Gasteiger partial charge in [-0.1, -0.05) is 17.3 Å². The lowest BCUT2D eigenvalue weighted by molar-refractivity contribution is -0.142. The van der Waals surface area contributed by atoms with Crippen molar-refractivity contribution in [1.82, 2.24) is 25.2 Å². The molecule has 2 amide bonds. The minimum absolute atomic E-state index is 0.101. The zero-order valence-corrected chi connectivity index (χ0v) is 21.1. The van der Waals surface area contributed by atoms with E-state index in [-0.39, 0.29) is 31.5 Å². The summed E-state index contributed by atoms with van der Waals surface area (Å²) in [4.78, 5) is 28.9. The van der Waals surface area contributed by atoms with E-state index in [1.807, 2.05) is 45.0 Å². The van der Waals surface area contributed by atoms with Gasteiger partial charge in [-0.25, -0.2) is 4.68 Å². The van der Waals surface area contributed by atoms with Crippen molar-refractivity contribution < 1.29 is 23.8 Å². The third-order valence-corrected chi connectivity index (χ3v) is 5.35. The van der Waals surface area contributed by atoms with E-state index in [1.165, 1.54) is 16.7 Å². The van der Waals surface area contributed by atoms with Gasteiger partial charge in [-0.15, -0.1) is 5.10 Å². The molecular weight excluding hydrogens is 450 g/mol. The maximum Gasteiger partial charge on any atom is 0.247 e. The quantitative estimate of drug-likeness (QED) is 0.472. The predicted octanol–water partition coefficient (Wildman–Crippen LogP) is 2.58. The molecule has 1 atom stereocenters. The number of aromatic nitrogens is 3. The monoisotopic (exact) mass is 483 g/mol. The summed E-state index contributed by atoms with van der Waals surface area (Å²) < 4.78 is 17.8. The third kappa shape index (κ3) is 6.27. The lowest BCUT2D eigenvalue weighted by Crippen LogP contribution is -2.50. The molecule has 188 valence electrons. The van der Waals surface area contributed by atoms with Crippen LogP contribution >= 0.6 is 0 Å². The SMILES string of the molecule is COCCN(C(=O)Cn1nnc2ccccc21)C(C(=O)NC(C)(C)C)c1cc(OC)ccc1OC. The second kappa shape index (κ2) is 11.2. The Morgan fingerprint density at radius 1 is 1.09 bits per heavy atom. The average molecular weight is 484 g/mol. The Labute approximate surface area is 205 Å². The van der Waals surface area contributed by atoms with Gasteiger partial charge in [0.2, 0.25) is 11.8 Å². The summed E-state index contributed by atoms with van der Waals surface area (Å²) in [6.07, 6.45) is 0. The Morgan fingerprint density at radius 2 is 1.83 bits per heavy atom. The lowest BCUT2D eigenvalue weighted by atomic mass is 10.00. The van der Waals surface area contributed by atoms with Crippen molar-refractivity contribution in [3.05, 3.63) is 48.0 Å². The van der Waals surface area contributed by atoms with Gasteiger partial charge in [-0.2, -0.15) is 0 Å². The fraction of sp³-hybridized carbons (Fsp3) is 0.440. The Bertz CT molecular complexity index is 1170. The first-order valence-electron chi connectivity index (χ1n) is 11.3. The van der Waals surface area contributed by atoms with Crippen molar-refractivity contribution in [3.63, 3.8) is 0 Å². The Balaban J connectivity index is 2.08. The van der Waals surface area contributed by atoms with Crippen LogP contribution in [0.2, 0.25) is 0 Å². The summed E-state index contributed by atoms with van der Waals surface area (Å²) in [6.45, 7) is 5.95. The molecule has 3 rings (SSSR count). The molecule has 0 aliphatic heterocycles. The fourth-order valence-corrected chi connectivity index (χ4v) is 3.78. The lowest BCUT2D eigenvalue weighted by Gasteiger charge is -2.34. The van der Waals surface area contributed by atoms with Gasteiger partial charge in [0.15, 0.2) is 0 Å².